The highest BCUT2D eigenvalue weighted by Gasteiger charge is 2.45. The van der Waals surface area contributed by atoms with Crippen LogP contribution in [0, 0.1) is 23.7 Å². The summed E-state index contributed by atoms with van der Waals surface area (Å²) in [4.78, 5) is 2.55. The van der Waals surface area contributed by atoms with Crippen molar-refractivity contribution in [3.8, 4) is 0 Å². The fourth-order valence-electron chi connectivity index (χ4n) is 5.62. The van der Waals surface area contributed by atoms with E-state index in [2.05, 4.69) is 17.9 Å². The molecule has 0 bridgehead atoms. The van der Waals surface area contributed by atoms with E-state index in [1.54, 1.807) is 4.31 Å². The molecular formula is C21H36N2O3S. The van der Waals surface area contributed by atoms with Crippen LogP contribution < -0.4 is 0 Å². The van der Waals surface area contributed by atoms with Crippen LogP contribution in [0.15, 0.2) is 24.0 Å². The third-order valence-electron chi connectivity index (χ3n) is 6.79. The molecule has 2 fully saturated rings. The number of aliphatic hydroxyl groups is 1. The first-order valence-electron chi connectivity index (χ1n) is 10.7. The van der Waals surface area contributed by atoms with Gasteiger partial charge in [0, 0.05) is 31.6 Å². The normalized spacial score (nSPS) is 34.2. The van der Waals surface area contributed by atoms with Crippen LogP contribution in [0.2, 0.25) is 0 Å². The summed E-state index contributed by atoms with van der Waals surface area (Å²) < 4.78 is 27.2. The first-order chi connectivity index (χ1) is 12.9. The van der Waals surface area contributed by atoms with E-state index in [4.69, 9.17) is 0 Å². The summed E-state index contributed by atoms with van der Waals surface area (Å²) >= 11 is 0. The number of piperidine rings is 1. The number of sulfonamides is 1. The Bertz CT molecular complexity index is 669. The summed E-state index contributed by atoms with van der Waals surface area (Å²) in [5, 5.41) is 10.3. The zero-order valence-corrected chi connectivity index (χ0v) is 17.9. The second-order valence-electron chi connectivity index (χ2n) is 8.51. The summed E-state index contributed by atoms with van der Waals surface area (Å²) in [7, 11) is -3.20. The van der Waals surface area contributed by atoms with Crippen molar-refractivity contribution in [2.45, 2.75) is 52.5 Å². The Hall–Kier alpha value is -0.850. The Morgan fingerprint density at radius 3 is 2.59 bits per heavy atom. The molecule has 0 spiro atoms. The Morgan fingerprint density at radius 2 is 1.93 bits per heavy atom. The molecule has 2 aliphatic carbocycles. The fourth-order valence-corrected chi connectivity index (χ4v) is 7.46. The molecule has 3 aliphatic rings. The monoisotopic (exact) mass is 396 g/mol. The molecule has 1 aliphatic heterocycles. The SMILES string of the molecule is CCCN1C[C@@H](CS(=O)(=O)N(CC)CC)C[C@@H]2CC3C(O)=CC=CC3C[C@H]21. The van der Waals surface area contributed by atoms with Crippen LogP contribution in [-0.2, 0) is 10.0 Å². The maximum atomic E-state index is 12.8. The van der Waals surface area contributed by atoms with Crippen molar-refractivity contribution in [3.05, 3.63) is 24.0 Å². The van der Waals surface area contributed by atoms with E-state index in [-0.39, 0.29) is 17.6 Å². The van der Waals surface area contributed by atoms with Crippen molar-refractivity contribution in [3.63, 3.8) is 0 Å². The highest BCUT2D eigenvalue weighted by molar-refractivity contribution is 7.89. The van der Waals surface area contributed by atoms with Crippen LogP contribution >= 0.6 is 0 Å². The maximum absolute atomic E-state index is 12.8. The summed E-state index contributed by atoms with van der Waals surface area (Å²) in [6.45, 7) is 9.04. The number of fused-ring (bicyclic) bond motifs is 2. The highest BCUT2D eigenvalue weighted by Crippen LogP contribution is 2.46. The number of hydrogen-bond acceptors (Lipinski definition) is 4. The Balaban J connectivity index is 1.75. The first-order valence-corrected chi connectivity index (χ1v) is 12.3. The molecule has 3 rings (SSSR count). The highest BCUT2D eigenvalue weighted by atomic mass is 32.2. The third-order valence-corrected chi connectivity index (χ3v) is 8.99. The zero-order chi connectivity index (χ0) is 19.6. The standard InChI is InChI=1S/C21H36N2O3S/c1-4-10-22-14-16(15-27(25,26)23(5-2)6-3)11-18-12-19-17(13-20(18)22)8-7-9-21(19)24/h7-9,16-20,24H,4-6,10-15H2,1-3H3/t16-,17?,18+,19?,20+/m0/s1. The first kappa shape index (κ1) is 20.9. The minimum absolute atomic E-state index is 0.185. The zero-order valence-electron chi connectivity index (χ0n) is 17.0. The average molecular weight is 397 g/mol. The summed E-state index contributed by atoms with van der Waals surface area (Å²) in [6.07, 6.45) is 10.2. The van der Waals surface area contributed by atoms with Crippen molar-refractivity contribution in [1.29, 1.82) is 0 Å². The van der Waals surface area contributed by atoms with Gasteiger partial charge in [0.2, 0.25) is 10.0 Å². The molecular weight excluding hydrogens is 360 g/mol. The molecule has 1 saturated carbocycles. The molecule has 0 aromatic heterocycles. The quantitative estimate of drug-likeness (QED) is 0.716. The number of hydrogen-bond donors (Lipinski definition) is 1. The molecule has 27 heavy (non-hydrogen) atoms. The average Bonchev–Trinajstić information content (AvgIpc) is 2.62. The maximum Gasteiger partial charge on any atom is 0.214 e. The molecule has 6 heteroatoms. The van der Waals surface area contributed by atoms with Crippen LogP contribution in [0.25, 0.3) is 0 Å². The Labute approximate surface area is 165 Å². The van der Waals surface area contributed by atoms with E-state index in [9.17, 15) is 13.5 Å². The van der Waals surface area contributed by atoms with Crippen LogP contribution in [0.5, 0.6) is 0 Å². The van der Waals surface area contributed by atoms with Crippen LogP contribution in [0.3, 0.4) is 0 Å². The molecule has 0 aromatic carbocycles. The third kappa shape index (κ3) is 4.43. The van der Waals surface area contributed by atoms with Gasteiger partial charge in [-0.2, -0.15) is 0 Å². The predicted molar refractivity (Wildman–Crippen MR) is 110 cm³/mol. The van der Waals surface area contributed by atoms with Gasteiger partial charge < -0.3 is 5.11 Å². The van der Waals surface area contributed by atoms with Gasteiger partial charge in [-0.3, -0.25) is 4.90 Å². The van der Waals surface area contributed by atoms with E-state index >= 15 is 0 Å². The Morgan fingerprint density at radius 1 is 1.19 bits per heavy atom. The van der Waals surface area contributed by atoms with Crippen LogP contribution in [-0.4, -0.2) is 60.7 Å². The van der Waals surface area contributed by atoms with Crippen molar-refractivity contribution in [1.82, 2.24) is 9.21 Å². The molecule has 1 saturated heterocycles. The molecule has 154 valence electrons. The van der Waals surface area contributed by atoms with Gasteiger partial charge in [-0.05, 0) is 56.1 Å². The molecule has 0 radical (unpaired) electrons. The number of rotatable bonds is 7. The summed E-state index contributed by atoms with van der Waals surface area (Å²) in [5.41, 5.74) is 0. The Kier molecular flexibility index (Phi) is 6.70. The molecule has 1 heterocycles. The summed E-state index contributed by atoms with van der Waals surface area (Å²) in [6, 6.07) is 0.522. The lowest BCUT2D eigenvalue weighted by atomic mass is 9.65. The van der Waals surface area contributed by atoms with E-state index in [0.29, 0.717) is 36.7 Å². The minimum Gasteiger partial charge on any atom is -0.512 e. The molecule has 2 unspecified atom stereocenters. The predicted octanol–water partition coefficient (Wildman–Crippen LogP) is 3.41. The van der Waals surface area contributed by atoms with Gasteiger partial charge in [0.05, 0.1) is 11.5 Å². The molecule has 0 amide bonds. The largest absolute Gasteiger partial charge is 0.512 e. The summed E-state index contributed by atoms with van der Waals surface area (Å²) in [5.74, 6) is 2.08. The van der Waals surface area contributed by atoms with Crippen molar-refractivity contribution in [2.24, 2.45) is 23.7 Å². The molecule has 5 atom stereocenters. The number of nitrogens with zero attached hydrogens (tertiary/aromatic N) is 2. The van der Waals surface area contributed by atoms with Gasteiger partial charge in [-0.1, -0.05) is 32.9 Å². The smallest absolute Gasteiger partial charge is 0.214 e. The van der Waals surface area contributed by atoms with E-state index in [1.807, 2.05) is 26.0 Å². The van der Waals surface area contributed by atoms with Gasteiger partial charge >= 0.3 is 0 Å². The molecule has 5 nitrogen and oxygen atoms in total. The van der Waals surface area contributed by atoms with Crippen LogP contribution in [0.4, 0.5) is 0 Å². The molecule has 0 aromatic rings. The van der Waals surface area contributed by atoms with E-state index < -0.39 is 10.0 Å². The minimum atomic E-state index is -3.20. The van der Waals surface area contributed by atoms with E-state index in [0.717, 1.165) is 38.8 Å². The van der Waals surface area contributed by atoms with Gasteiger partial charge in [-0.25, -0.2) is 12.7 Å². The van der Waals surface area contributed by atoms with Crippen molar-refractivity contribution in [2.75, 3.05) is 31.9 Å². The van der Waals surface area contributed by atoms with Gasteiger partial charge in [-0.15, -0.1) is 0 Å². The van der Waals surface area contributed by atoms with Crippen molar-refractivity contribution < 1.29 is 13.5 Å². The second-order valence-corrected chi connectivity index (χ2v) is 10.5. The lowest BCUT2D eigenvalue weighted by molar-refractivity contribution is 0.00221. The van der Waals surface area contributed by atoms with Gasteiger partial charge in [0.1, 0.15) is 0 Å². The van der Waals surface area contributed by atoms with Crippen LogP contribution in [0.1, 0.15) is 46.5 Å². The number of allylic oxidation sites excluding steroid dienone is 4. The lowest BCUT2D eigenvalue weighted by Crippen LogP contribution is -2.54. The fraction of sp³-hybridized carbons (Fsp3) is 0.810. The number of aliphatic hydroxyl groups excluding tert-OH is 1. The van der Waals surface area contributed by atoms with Crippen molar-refractivity contribution >= 4 is 10.0 Å². The topological polar surface area (TPSA) is 60.9 Å². The number of likely N-dealkylation sites (tertiary alicyclic amines) is 1. The van der Waals surface area contributed by atoms with E-state index in [1.165, 1.54) is 0 Å². The lowest BCUT2D eigenvalue weighted by Gasteiger charge is -2.51. The van der Waals surface area contributed by atoms with Gasteiger partial charge in [0.25, 0.3) is 0 Å². The second kappa shape index (κ2) is 8.66. The van der Waals surface area contributed by atoms with Gasteiger partial charge in [0.15, 0.2) is 0 Å². The molecule has 1 N–H and O–H groups in total.